The van der Waals surface area contributed by atoms with Crippen molar-refractivity contribution < 1.29 is 31.5 Å². The van der Waals surface area contributed by atoms with Crippen LogP contribution in [-0.2, 0) is 13.2 Å². The van der Waals surface area contributed by atoms with Crippen LogP contribution in [0.2, 0.25) is 0 Å². The molecule has 1 heterocycles. The predicted molar refractivity (Wildman–Crippen MR) is 81.7 cm³/mol. The maximum Gasteiger partial charge on any atom is 0.436 e. The van der Waals surface area contributed by atoms with Gasteiger partial charge in [-0.1, -0.05) is 6.07 Å². The molecule has 1 aromatic heterocycles. The van der Waals surface area contributed by atoms with Crippen LogP contribution in [0.3, 0.4) is 0 Å². The lowest BCUT2D eigenvalue weighted by Crippen LogP contribution is -2.18. The minimum absolute atomic E-state index is 0.105. The number of alkyl halides is 5. The molecule has 1 amide bonds. The van der Waals surface area contributed by atoms with E-state index in [9.17, 15) is 26.7 Å². The van der Waals surface area contributed by atoms with E-state index in [2.05, 4.69) is 31.1 Å². The van der Waals surface area contributed by atoms with Crippen LogP contribution in [0.1, 0.15) is 21.7 Å². The Morgan fingerprint density at radius 3 is 2.52 bits per heavy atom. The minimum atomic E-state index is -4.76. The van der Waals surface area contributed by atoms with E-state index < -0.39 is 34.6 Å². The highest BCUT2D eigenvalue weighted by Crippen LogP contribution is 2.36. The highest BCUT2D eigenvalue weighted by atomic mass is 79.9. The molecule has 0 spiro atoms. The highest BCUT2D eigenvalue weighted by molar-refractivity contribution is 9.10. The smallest absolute Gasteiger partial charge is 0.433 e. The van der Waals surface area contributed by atoms with Crippen molar-refractivity contribution in [3.05, 3.63) is 39.6 Å². The monoisotopic (exact) mass is 427 g/mol. The van der Waals surface area contributed by atoms with Gasteiger partial charge in [0.2, 0.25) is 0 Å². The van der Waals surface area contributed by atoms with E-state index in [1.54, 1.807) is 6.92 Å². The number of ether oxygens (including phenoxy) is 1. The maximum atomic E-state index is 12.9. The molecule has 0 atom stereocenters. The highest BCUT2D eigenvalue weighted by Gasteiger charge is 2.39. The van der Waals surface area contributed by atoms with Gasteiger partial charge in [0.05, 0.1) is 10.2 Å². The topological polar surface area (TPSA) is 56.1 Å². The predicted octanol–water partition coefficient (Wildman–Crippen LogP) is 4.36. The number of aromatic nitrogens is 2. The Bertz CT molecular complexity index is 804. The van der Waals surface area contributed by atoms with Crippen molar-refractivity contribution in [1.82, 2.24) is 9.78 Å². The van der Waals surface area contributed by atoms with Gasteiger partial charge in [0.25, 0.3) is 5.91 Å². The second-order valence-corrected chi connectivity index (χ2v) is 5.76. The van der Waals surface area contributed by atoms with Crippen LogP contribution < -0.4 is 10.1 Å². The van der Waals surface area contributed by atoms with Crippen LogP contribution in [0.4, 0.5) is 27.6 Å². The molecular formula is C14H11BrF5N3O2. The number of anilines is 1. The second-order valence-electron chi connectivity index (χ2n) is 4.96. The van der Waals surface area contributed by atoms with Gasteiger partial charge in [-0.3, -0.25) is 9.48 Å². The molecule has 1 aromatic carbocycles. The zero-order valence-corrected chi connectivity index (χ0v) is 14.4. The molecule has 25 heavy (non-hydrogen) atoms. The summed E-state index contributed by atoms with van der Waals surface area (Å²) in [7, 11) is 1.15. The number of rotatable bonds is 4. The number of carbonyl (C=O) groups is 1. The summed E-state index contributed by atoms with van der Waals surface area (Å²) in [6.07, 6.45) is -4.76. The number of nitrogens with one attached hydrogen (secondary N) is 1. The lowest BCUT2D eigenvalue weighted by molar-refractivity contribution is -0.142. The quantitative estimate of drug-likeness (QED) is 0.737. The van der Waals surface area contributed by atoms with E-state index in [1.165, 1.54) is 18.2 Å². The van der Waals surface area contributed by atoms with Gasteiger partial charge in [-0.25, -0.2) is 0 Å². The van der Waals surface area contributed by atoms with Gasteiger partial charge in [0.1, 0.15) is 11.4 Å². The molecule has 0 unspecified atom stereocenters. The molecule has 0 fully saturated rings. The van der Waals surface area contributed by atoms with Crippen molar-refractivity contribution in [1.29, 1.82) is 0 Å². The van der Waals surface area contributed by atoms with E-state index in [4.69, 9.17) is 0 Å². The van der Waals surface area contributed by atoms with E-state index in [1.807, 2.05) is 0 Å². The summed E-state index contributed by atoms with van der Waals surface area (Å²) in [5, 5.41) is 5.53. The minimum Gasteiger partial charge on any atom is -0.433 e. The molecule has 0 bridgehead atoms. The van der Waals surface area contributed by atoms with Crippen molar-refractivity contribution >= 4 is 27.5 Å². The summed E-state index contributed by atoms with van der Waals surface area (Å²) < 4.78 is 67.9. The molecule has 0 saturated heterocycles. The number of aryl methyl sites for hydroxylation is 2. The Labute approximate surface area is 146 Å². The fourth-order valence-electron chi connectivity index (χ4n) is 2.05. The number of amides is 1. The Morgan fingerprint density at radius 1 is 1.36 bits per heavy atom. The van der Waals surface area contributed by atoms with Crippen molar-refractivity contribution in [3.8, 4) is 5.75 Å². The lowest BCUT2D eigenvalue weighted by Gasteiger charge is -2.13. The second kappa shape index (κ2) is 6.98. The van der Waals surface area contributed by atoms with E-state index in [-0.39, 0.29) is 11.4 Å². The van der Waals surface area contributed by atoms with Gasteiger partial charge in [-0.2, -0.15) is 27.1 Å². The number of carbonyl (C=O) groups excluding carboxylic acids is 1. The number of hydrogen-bond donors (Lipinski definition) is 1. The molecule has 11 heteroatoms. The molecule has 0 aliphatic heterocycles. The van der Waals surface area contributed by atoms with Crippen LogP contribution >= 0.6 is 15.9 Å². The van der Waals surface area contributed by atoms with Crippen LogP contribution in [0, 0.1) is 6.92 Å². The van der Waals surface area contributed by atoms with Crippen molar-refractivity contribution in [2.45, 2.75) is 19.7 Å². The van der Waals surface area contributed by atoms with E-state index >= 15 is 0 Å². The number of hydrogen-bond acceptors (Lipinski definition) is 3. The third-order valence-electron chi connectivity index (χ3n) is 3.07. The molecule has 2 aromatic rings. The Morgan fingerprint density at radius 2 is 2.00 bits per heavy atom. The van der Waals surface area contributed by atoms with Crippen molar-refractivity contribution in [2.75, 3.05) is 5.32 Å². The van der Waals surface area contributed by atoms with Gasteiger partial charge < -0.3 is 10.1 Å². The number of benzene rings is 1. The summed E-state index contributed by atoms with van der Waals surface area (Å²) >= 11 is 2.71. The lowest BCUT2D eigenvalue weighted by atomic mass is 10.2. The van der Waals surface area contributed by atoms with Crippen LogP contribution in [-0.4, -0.2) is 22.3 Å². The summed E-state index contributed by atoms with van der Waals surface area (Å²) in [4.78, 5) is 12.3. The first-order valence-electron chi connectivity index (χ1n) is 6.67. The zero-order valence-electron chi connectivity index (χ0n) is 12.8. The third kappa shape index (κ3) is 4.27. The first-order chi connectivity index (χ1) is 11.5. The normalized spacial score (nSPS) is 11.7. The fourth-order valence-corrected chi connectivity index (χ4v) is 2.79. The van der Waals surface area contributed by atoms with Crippen molar-refractivity contribution in [2.24, 2.45) is 7.05 Å². The molecule has 1 N–H and O–H groups in total. The first-order valence-corrected chi connectivity index (χ1v) is 7.46. The molecular weight excluding hydrogens is 417 g/mol. The van der Waals surface area contributed by atoms with E-state index in [0.29, 0.717) is 5.56 Å². The van der Waals surface area contributed by atoms with E-state index in [0.717, 1.165) is 11.7 Å². The largest absolute Gasteiger partial charge is 0.436 e. The summed E-state index contributed by atoms with van der Waals surface area (Å²) in [6.45, 7) is -1.48. The molecule has 0 saturated carbocycles. The molecule has 0 aliphatic rings. The van der Waals surface area contributed by atoms with Gasteiger partial charge >= 0.3 is 12.8 Å². The Hall–Kier alpha value is -2.17. The average Bonchev–Trinajstić information content (AvgIpc) is 2.76. The third-order valence-corrected chi connectivity index (χ3v) is 3.82. The van der Waals surface area contributed by atoms with Crippen LogP contribution in [0.25, 0.3) is 0 Å². The molecule has 136 valence electrons. The molecule has 5 nitrogen and oxygen atoms in total. The maximum absolute atomic E-state index is 12.9. The Kier molecular flexibility index (Phi) is 5.35. The Balaban J connectivity index is 2.38. The first kappa shape index (κ1) is 19.2. The molecule has 2 rings (SSSR count). The fraction of sp³-hybridized carbons (Fsp3) is 0.286. The van der Waals surface area contributed by atoms with Gasteiger partial charge in [0, 0.05) is 7.05 Å². The van der Waals surface area contributed by atoms with Crippen molar-refractivity contribution in [3.63, 3.8) is 0 Å². The number of halogens is 6. The zero-order chi connectivity index (χ0) is 18.9. The number of nitrogens with zero attached hydrogens (tertiary/aromatic N) is 2. The van der Waals surface area contributed by atoms with Gasteiger partial charge in [-0.05, 0) is 40.5 Å². The van der Waals surface area contributed by atoms with Gasteiger partial charge in [0.15, 0.2) is 5.69 Å². The SMILES string of the molecule is Cc1ccc(OC(F)F)c(NC(=O)c2c(Br)c(C(F)(F)F)nn2C)c1. The standard InChI is InChI=1S/C14H11BrF5N3O2/c1-6-3-4-8(25-13(16)17)7(5-6)21-12(24)10-9(15)11(14(18,19)20)22-23(10)2/h3-5,13H,1-2H3,(H,21,24). The van der Waals surface area contributed by atoms with Crippen LogP contribution in [0.5, 0.6) is 5.75 Å². The van der Waals surface area contributed by atoms with Gasteiger partial charge in [-0.15, -0.1) is 0 Å². The summed E-state index contributed by atoms with van der Waals surface area (Å²) in [5.74, 6) is -1.29. The summed E-state index contributed by atoms with van der Waals surface area (Å²) in [6, 6.07) is 4.05. The average molecular weight is 428 g/mol. The van der Waals surface area contributed by atoms with Crippen LogP contribution in [0.15, 0.2) is 22.7 Å². The summed E-state index contributed by atoms with van der Waals surface area (Å²) in [5.41, 5.74) is -1.17. The molecule has 0 aliphatic carbocycles. The molecule has 0 radical (unpaired) electrons.